The van der Waals surface area contributed by atoms with Crippen LogP contribution in [0.5, 0.6) is 0 Å². The summed E-state index contributed by atoms with van der Waals surface area (Å²) in [6, 6.07) is 1.79. The van der Waals surface area contributed by atoms with Gasteiger partial charge in [0.05, 0.1) is 6.54 Å². The summed E-state index contributed by atoms with van der Waals surface area (Å²) in [6.45, 7) is 0.892. The molecule has 1 aromatic heterocycles. The first-order valence-corrected chi connectivity index (χ1v) is 6.60. The monoisotopic (exact) mass is 320 g/mol. The van der Waals surface area contributed by atoms with Crippen molar-refractivity contribution in [3.63, 3.8) is 0 Å². The average Bonchev–Trinajstić information content (AvgIpc) is 2.67. The summed E-state index contributed by atoms with van der Waals surface area (Å²) in [4.78, 5) is 12.5. The fraction of sp³-hybridized carbons (Fsp3) is 0.375. The molecule has 0 saturated heterocycles. The van der Waals surface area contributed by atoms with E-state index in [-0.39, 0.29) is 0 Å². The molecule has 0 aromatic carbocycles. The summed E-state index contributed by atoms with van der Waals surface area (Å²) >= 11 is 4.13. The summed E-state index contributed by atoms with van der Waals surface area (Å²) in [7, 11) is 0. The third-order valence-electron chi connectivity index (χ3n) is 1.67. The molecule has 0 saturated carbocycles. The second kappa shape index (κ2) is 4.92. The number of thioether (sulfide) groups is 1. The smallest absolute Gasteiger partial charge is 0.228 e. The number of halogens is 1. The minimum Gasteiger partial charge on any atom is -0.304 e. The molecule has 6 heteroatoms. The Morgan fingerprint density at radius 2 is 2.29 bits per heavy atom. The van der Waals surface area contributed by atoms with Crippen molar-refractivity contribution in [3.05, 3.63) is 18.5 Å². The number of hydrogen-bond acceptors (Lipinski definition) is 5. The van der Waals surface area contributed by atoms with Gasteiger partial charge in [-0.15, -0.1) is 0 Å². The Morgan fingerprint density at radius 3 is 2.93 bits per heavy atom. The van der Waals surface area contributed by atoms with E-state index in [1.165, 1.54) is 0 Å². The minimum absolute atomic E-state index is 0.599. The fourth-order valence-electron chi connectivity index (χ4n) is 1.03. The van der Waals surface area contributed by atoms with Gasteiger partial charge >= 0.3 is 0 Å². The SMILES string of the molecule is IC[C@@H]1CN=C(Nc2ncccn2)S1. The summed E-state index contributed by atoms with van der Waals surface area (Å²) in [5.74, 6) is 0.618. The maximum absolute atomic E-state index is 4.37. The van der Waals surface area contributed by atoms with E-state index in [1.54, 1.807) is 30.2 Å². The van der Waals surface area contributed by atoms with Gasteiger partial charge in [-0.3, -0.25) is 4.99 Å². The van der Waals surface area contributed by atoms with E-state index in [4.69, 9.17) is 0 Å². The zero-order valence-corrected chi connectivity index (χ0v) is 10.3. The van der Waals surface area contributed by atoms with E-state index in [9.17, 15) is 0 Å². The van der Waals surface area contributed by atoms with Crippen molar-refractivity contribution in [1.29, 1.82) is 0 Å². The molecule has 1 atom stereocenters. The van der Waals surface area contributed by atoms with Crippen molar-refractivity contribution in [2.45, 2.75) is 5.25 Å². The van der Waals surface area contributed by atoms with Gasteiger partial charge in [0.2, 0.25) is 5.95 Å². The standard InChI is InChI=1S/C8H9IN4S/c9-4-6-5-12-8(14-6)13-7-10-2-1-3-11-7/h1-3,6H,4-5H2,(H,10,11,12,13)/t6-/m1/s1. The van der Waals surface area contributed by atoms with Crippen LogP contribution in [0.15, 0.2) is 23.5 Å². The van der Waals surface area contributed by atoms with Gasteiger partial charge in [-0.05, 0) is 6.07 Å². The van der Waals surface area contributed by atoms with E-state index >= 15 is 0 Å². The predicted molar refractivity (Wildman–Crippen MR) is 68.2 cm³/mol. The highest BCUT2D eigenvalue weighted by Crippen LogP contribution is 2.22. The highest BCUT2D eigenvalue weighted by Gasteiger charge is 2.18. The van der Waals surface area contributed by atoms with Gasteiger partial charge < -0.3 is 5.32 Å². The van der Waals surface area contributed by atoms with Crippen LogP contribution >= 0.6 is 34.4 Å². The lowest BCUT2D eigenvalue weighted by Crippen LogP contribution is -2.10. The number of aliphatic imine (C=N–C) groups is 1. The summed E-state index contributed by atoms with van der Waals surface area (Å²) in [5.41, 5.74) is 0. The van der Waals surface area contributed by atoms with Gasteiger partial charge in [-0.2, -0.15) is 0 Å². The molecule has 74 valence electrons. The van der Waals surface area contributed by atoms with Crippen LogP contribution in [0, 0.1) is 0 Å². The highest BCUT2D eigenvalue weighted by atomic mass is 127. The van der Waals surface area contributed by atoms with Crippen molar-refractivity contribution in [3.8, 4) is 0 Å². The van der Waals surface area contributed by atoms with Crippen LogP contribution in [-0.4, -0.2) is 31.4 Å². The van der Waals surface area contributed by atoms with Gasteiger partial charge in [0, 0.05) is 22.1 Å². The number of rotatable bonds is 2. The van der Waals surface area contributed by atoms with Crippen LogP contribution in [0.4, 0.5) is 5.95 Å². The molecule has 1 aromatic rings. The number of anilines is 1. The average molecular weight is 320 g/mol. The van der Waals surface area contributed by atoms with E-state index in [1.807, 2.05) is 0 Å². The number of nitrogens with zero attached hydrogens (tertiary/aromatic N) is 3. The van der Waals surface area contributed by atoms with Gasteiger partial charge in [0.25, 0.3) is 0 Å². The first-order chi connectivity index (χ1) is 6.88. The Morgan fingerprint density at radius 1 is 1.50 bits per heavy atom. The third kappa shape index (κ3) is 2.57. The Bertz CT molecular complexity index is 329. The van der Waals surface area contributed by atoms with Gasteiger partial charge in [-0.1, -0.05) is 34.4 Å². The van der Waals surface area contributed by atoms with Crippen molar-refractivity contribution < 1.29 is 0 Å². The topological polar surface area (TPSA) is 50.2 Å². The number of nitrogens with one attached hydrogen (secondary N) is 1. The van der Waals surface area contributed by atoms with Crippen LogP contribution in [-0.2, 0) is 0 Å². The molecule has 0 radical (unpaired) electrons. The maximum Gasteiger partial charge on any atom is 0.228 e. The Hall–Kier alpha value is -0.370. The van der Waals surface area contributed by atoms with E-state index < -0.39 is 0 Å². The van der Waals surface area contributed by atoms with Crippen LogP contribution in [0.1, 0.15) is 0 Å². The first kappa shape index (κ1) is 10.2. The zero-order valence-electron chi connectivity index (χ0n) is 7.35. The zero-order chi connectivity index (χ0) is 9.80. The summed E-state index contributed by atoms with van der Waals surface area (Å²) in [6.07, 6.45) is 3.43. The lowest BCUT2D eigenvalue weighted by Gasteiger charge is -2.03. The minimum atomic E-state index is 0.599. The maximum atomic E-state index is 4.37. The van der Waals surface area contributed by atoms with E-state index in [0.717, 1.165) is 16.1 Å². The number of aromatic nitrogens is 2. The largest absolute Gasteiger partial charge is 0.304 e. The van der Waals surface area contributed by atoms with Gasteiger partial charge in [0.1, 0.15) is 0 Å². The number of alkyl halides is 1. The molecule has 1 aliphatic rings. The Labute approximate surface area is 100 Å². The second-order valence-electron chi connectivity index (χ2n) is 2.74. The molecule has 14 heavy (non-hydrogen) atoms. The van der Waals surface area contributed by atoms with Gasteiger partial charge in [-0.25, -0.2) is 9.97 Å². The number of amidine groups is 1. The molecular weight excluding hydrogens is 311 g/mol. The van der Waals surface area contributed by atoms with Crippen molar-refractivity contribution in [2.75, 3.05) is 16.3 Å². The normalized spacial score (nSPS) is 20.6. The third-order valence-corrected chi connectivity index (χ3v) is 4.44. The Kier molecular flexibility index (Phi) is 3.57. The molecule has 2 heterocycles. The molecule has 1 N–H and O–H groups in total. The Balaban J connectivity index is 1.94. The molecule has 0 spiro atoms. The molecule has 0 fully saturated rings. The highest BCUT2D eigenvalue weighted by molar-refractivity contribution is 14.1. The number of hydrogen-bond donors (Lipinski definition) is 1. The molecular formula is C8H9IN4S. The van der Waals surface area contributed by atoms with Crippen LogP contribution in [0.2, 0.25) is 0 Å². The molecule has 0 unspecified atom stereocenters. The molecule has 1 aliphatic heterocycles. The fourth-order valence-corrected chi connectivity index (χ4v) is 2.67. The second-order valence-corrected chi connectivity index (χ2v) is 4.91. The predicted octanol–water partition coefficient (Wildman–Crippen LogP) is 1.79. The quantitative estimate of drug-likeness (QED) is 0.667. The van der Waals surface area contributed by atoms with E-state index in [0.29, 0.717) is 11.2 Å². The van der Waals surface area contributed by atoms with Crippen LogP contribution in [0.3, 0.4) is 0 Å². The molecule has 0 amide bonds. The van der Waals surface area contributed by atoms with Crippen molar-refractivity contribution >= 4 is 45.5 Å². The molecule has 0 bridgehead atoms. The van der Waals surface area contributed by atoms with Crippen LogP contribution in [0.25, 0.3) is 0 Å². The van der Waals surface area contributed by atoms with Gasteiger partial charge in [0.15, 0.2) is 5.17 Å². The van der Waals surface area contributed by atoms with Crippen molar-refractivity contribution in [2.24, 2.45) is 4.99 Å². The molecule has 2 rings (SSSR count). The lowest BCUT2D eigenvalue weighted by atomic mass is 10.5. The van der Waals surface area contributed by atoms with Crippen molar-refractivity contribution in [1.82, 2.24) is 9.97 Å². The lowest BCUT2D eigenvalue weighted by molar-refractivity contribution is 0.998. The first-order valence-electron chi connectivity index (χ1n) is 4.19. The van der Waals surface area contributed by atoms with Crippen LogP contribution < -0.4 is 5.32 Å². The summed E-state index contributed by atoms with van der Waals surface area (Å²) in [5, 5.41) is 4.62. The molecule has 4 nitrogen and oxygen atoms in total. The van der Waals surface area contributed by atoms with E-state index in [2.05, 4.69) is 42.9 Å². The summed E-state index contributed by atoms with van der Waals surface area (Å²) < 4.78 is 1.12. The molecule has 0 aliphatic carbocycles.